The molecule has 0 atom stereocenters. The van der Waals surface area contributed by atoms with Gasteiger partial charge in [-0.25, -0.2) is 13.6 Å². The Kier molecular flexibility index (Phi) is 3.51. The van der Waals surface area contributed by atoms with Crippen LogP contribution in [-0.2, 0) is 7.05 Å². The van der Waals surface area contributed by atoms with Crippen LogP contribution in [0.4, 0.5) is 8.78 Å². The van der Waals surface area contributed by atoms with Crippen LogP contribution in [0.3, 0.4) is 0 Å². The van der Waals surface area contributed by atoms with Crippen molar-refractivity contribution in [3.8, 4) is 11.4 Å². The predicted octanol–water partition coefficient (Wildman–Crippen LogP) is 2.52. The smallest absolute Gasteiger partial charge is 0.350 e. The van der Waals surface area contributed by atoms with Crippen LogP contribution in [-0.4, -0.2) is 19.5 Å². The summed E-state index contributed by atoms with van der Waals surface area (Å²) >= 11 is 11.4. The molecular formula is C10H7Cl2F2N3O2. The number of aromatic nitrogens is 3. The number of hydrogen-bond acceptors (Lipinski definition) is 3. The largest absolute Gasteiger partial charge is 0.505 e. The summed E-state index contributed by atoms with van der Waals surface area (Å²) < 4.78 is 26.7. The minimum absolute atomic E-state index is 0.0215. The second-order valence-corrected chi connectivity index (χ2v) is 4.43. The van der Waals surface area contributed by atoms with Gasteiger partial charge >= 0.3 is 5.69 Å². The van der Waals surface area contributed by atoms with Gasteiger partial charge in [0.05, 0.1) is 10.7 Å². The predicted molar refractivity (Wildman–Crippen MR) is 65.4 cm³/mol. The quantitative estimate of drug-likeness (QED) is 0.927. The first-order valence-electron chi connectivity index (χ1n) is 4.96. The highest BCUT2D eigenvalue weighted by molar-refractivity contribution is 6.38. The third kappa shape index (κ3) is 2.19. The molecule has 2 aromatic rings. The number of rotatable bonds is 2. The van der Waals surface area contributed by atoms with E-state index in [0.29, 0.717) is 9.25 Å². The molecule has 0 amide bonds. The van der Waals surface area contributed by atoms with Crippen molar-refractivity contribution in [1.29, 1.82) is 0 Å². The first-order chi connectivity index (χ1) is 8.84. The molecule has 2 rings (SSSR count). The summed E-state index contributed by atoms with van der Waals surface area (Å²) in [6.07, 6.45) is -2.90. The van der Waals surface area contributed by atoms with Gasteiger partial charge in [-0.05, 0) is 12.1 Å². The number of phenolic OH excluding ortho intramolecular Hbond substituents is 1. The van der Waals surface area contributed by atoms with E-state index >= 15 is 0 Å². The van der Waals surface area contributed by atoms with E-state index in [0.717, 1.165) is 7.05 Å². The highest BCUT2D eigenvalue weighted by Crippen LogP contribution is 2.35. The molecule has 19 heavy (non-hydrogen) atoms. The summed E-state index contributed by atoms with van der Waals surface area (Å²) in [7, 11) is 1.16. The molecule has 0 saturated carbocycles. The summed E-state index contributed by atoms with van der Waals surface area (Å²) in [5.74, 6) is -1.15. The zero-order valence-electron chi connectivity index (χ0n) is 9.44. The van der Waals surface area contributed by atoms with Crippen molar-refractivity contribution >= 4 is 23.2 Å². The maximum absolute atomic E-state index is 12.6. The number of hydrogen-bond donors (Lipinski definition) is 1. The van der Waals surface area contributed by atoms with E-state index in [1.54, 1.807) is 0 Å². The van der Waals surface area contributed by atoms with Crippen molar-refractivity contribution in [1.82, 2.24) is 14.3 Å². The summed E-state index contributed by atoms with van der Waals surface area (Å²) in [5.41, 5.74) is -0.838. The molecule has 1 aromatic heterocycles. The molecule has 5 nitrogen and oxygen atoms in total. The Morgan fingerprint density at radius 3 is 2.53 bits per heavy atom. The molecule has 0 unspecified atom stereocenters. The van der Waals surface area contributed by atoms with Gasteiger partial charge in [-0.1, -0.05) is 23.2 Å². The Bertz CT molecular complexity index is 697. The van der Waals surface area contributed by atoms with Crippen molar-refractivity contribution in [2.24, 2.45) is 7.05 Å². The average molecular weight is 310 g/mol. The van der Waals surface area contributed by atoms with E-state index in [-0.39, 0.29) is 15.7 Å². The maximum atomic E-state index is 12.6. The van der Waals surface area contributed by atoms with E-state index < -0.39 is 23.7 Å². The van der Waals surface area contributed by atoms with Crippen LogP contribution in [0, 0.1) is 0 Å². The van der Waals surface area contributed by atoms with Gasteiger partial charge < -0.3 is 5.11 Å². The lowest BCUT2D eigenvalue weighted by atomic mass is 10.3. The lowest BCUT2D eigenvalue weighted by Gasteiger charge is -2.05. The number of aromatic hydroxyl groups is 1. The second kappa shape index (κ2) is 4.82. The zero-order chi connectivity index (χ0) is 14.3. The zero-order valence-corrected chi connectivity index (χ0v) is 11.0. The Morgan fingerprint density at radius 2 is 2.00 bits per heavy atom. The molecular weight excluding hydrogens is 303 g/mol. The van der Waals surface area contributed by atoms with Crippen molar-refractivity contribution < 1.29 is 13.9 Å². The van der Waals surface area contributed by atoms with Gasteiger partial charge in [0, 0.05) is 7.05 Å². The average Bonchev–Trinajstić information content (AvgIpc) is 2.64. The summed E-state index contributed by atoms with van der Waals surface area (Å²) in [6, 6.07) is 2.58. The first kappa shape index (κ1) is 13.8. The van der Waals surface area contributed by atoms with E-state index in [1.165, 1.54) is 12.1 Å². The number of nitrogens with zero attached hydrogens (tertiary/aromatic N) is 3. The Balaban J connectivity index is 2.70. The van der Waals surface area contributed by atoms with Crippen LogP contribution in [0.1, 0.15) is 12.2 Å². The summed E-state index contributed by atoms with van der Waals surface area (Å²) in [4.78, 5) is 11.8. The molecule has 0 saturated heterocycles. The molecule has 0 radical (unpaired) electrons. The molecule has 1 heterocycles. The molecule has 0 aliphatic rings. The normalized spacial score (nSPS) is 11.3. The van der Waals surface area contributed by atoms with Crippen LogP contribution < -0.4 is 5.69 Å². The van der Waals surface area contributed by atoms with Gasteiger partial charge in [0.25, 0.3) is 6.43 Å². The third-order valence-corrected chi connectivity index (χ3v) is 3.16. The Morgan fingerprint density at radius 1 is 1.37 bits per heavy atom. The standard InChI is InChI=1S/C10H7Cl2F2N3O2/c1-16-9(8(13)14)15-17(10(16)19)5-3-2-4(11)7(18)6(5)12/h2-3,8,18H,1H3. The van der Waals surface area contributed by atoms with Crippen molar-refractivity contribution in [3.05, 3.63) is 38.5 Å². The fourth-order valence-electron chi connectivity index (χ4n) is 1.49. The van der Waals surface area contributed by atoms with Crippen LogP contribution in [0.5, 0.6) is 5.75 Å². The molecule has 0 aliphatic heterocycles. The van der Waals surface area contributed by atoms with Crippen LogP contribution in [0.15, 0.2) is 16.9 Å². The number of benzene rings is 1. The van der Waals surface area contributed by atoms with E-state index in [4.69, 9.17) is 23.2 Å². The number of halogens is 4. The monoisotopic (exact) mass is 309 g/mol. The lowest BCUT2D eigenvalue weighted by molar-refractivity contribution is 0.136. The van der Waals surface area contributed by atoms with E-state index in [2.05, 4.69) is 5.10 Å². The summed E-state index contributed by atoms with van der Waals surface area (Å²) in [6.45, 7) is 0. The van der Waals surface area contributed by atoms with Crippen LogP contribution in [0.25, 0.3) is 5.69 Å². The minimum Gasteiger partial charge on any atom is -0.505 e. The molecule has 1 aromatic carbocycles. The lowest BCUT2D eigenvalue weighted by Crippen LogP contribution is -2.22. The maximum Gasteiger partial charge on any atom is 0.350 e. The fourth-order valence-corrected chi connectivity index (χ4v) is 1.94. The second-order valence-electron chi connectivity index (χ2n) is 3.64. The molecule has 0 aliphatic carbocycles. The minimum atomic E-state index is -2.90. The molecule has 102 valence electrons. The van der Waals surface area contributed by atoms with Gasteiger partial charge in [-0.15, -0.1) is 5.10 Å². The molecule has 0 bridgehead atoms. The van der Waals surface area contributed by atoms with Gasteiger partial charge in [-0.3, -0.25) is 4.57 Å². The number of alkyl halides is 2. The molecule has 9 heteroatoms. The van der Waals surface area contributed by atoms with Gasteiger partial charge in [0.15, 0.2) is 5.75 Å². The molecule has 0 fully saturated rings. The van der Waals surface area contributed by atoms with Crippen LogP contribution in [0.2, 0.25) is 10.0 Å². The Hall–Kier alpha value is -1.60. The Labute approximate surface area is 115 Å². The van der Waals surface area contributed by atoms with Crippen LogP contribution >= 0.6 is 23.2 Å². The number of phenols is 1. The first-order valence-corrected chi connectivity index (χ1v) is 5.71. The fraction of sp³-hybridized carbons (Fsp3) is 0.200. The highest BCUT2D eigenvalue weighted by atomic mass is 35.5. The van der Waals surface area contributed by atoms with Crippen molar-refractivity contribution in [3.63, 3.8) is 0 Å². The van der Waals surface area contributed by atoms with E-state index in [9.17, 15) is 18.7 Å². The van der Waals surface area contributed by atoms with Crippen molar-refractivity contribution in [2.75, 3.05) is 0 Å². The van der Waals surface area contributed by atoms with Crippen molar-refractivity contribution in [2.45, 2.75) is 6.43 Å². The summed E-state index contributed by atoms with van der Waals surface area (Å²) in [5, 5.41) is 12.8. The van der Waals surface area contributed by atoms with Gasteiger partial charge in [-0.2, -0.15) is 4.68 Å². The van der Waals surface area contributed by atoms with Gasteiger partial charge in [0.1, 0.15) is 5.02 Å². The molecule has 1 N–H and O–H groups in total. The van der Waals surface area contributed by atoms with Gasteiger partial charge in [0.2, 0.25) is 5.82 Å². The topological polar surface area (TPSA) is 60.1 Å². The van der Waals surface area contributed by atoms with E-state index in [1.807, 2.05) is 0 Å². The SMILES string of the molecule is Cn1c(C(F)F)nn(-c2ccc(Cl)c(O)c2Cl)c1=O. The third-order valence-electron chi connectivity index (χ3n) is 2.48. The highest BCUT2D eigenvalue weighted by Gasteiger charge is 2.21. The molecule has 0 spiro atoms.